The quantitative estimate of drug-likeness (QED) is 0.798. The lowest BCUT2D eigenvalue weighted by molar-refractivity contribution is 0.0713. The summed E-state index contributed by atoms with van der Waals surface area (Å²) in [4.78, 5) is 18.9. The van der Waals surface area contributed by atoms with Crippen molar-refractivity contribution >= 4 is 17.2 Å². The molecular weight excluding hydrogens is 319 g/mol. The van der Waals surface area contributed by atoms with Gasteiger partial charge in [0.15, 0.2) is 0 Å². The summed E-state index contributed by atoms with van der Waals surface area (Å²) in [6, 6.07) is 12.4. The lowest BCUT2D eigenvalue weighted by atomic mass is 10.0. The van der Waals surface area contributed by atoms with E-state index in [0.29, 0.717) is 18.8 Å². The molecule has 25 heavy (non-hydrogen) atoms. The summed E-state index contributed by atoms with van der Waals surface area (Å²) < 4.78 is 14.8. The van der Waals surface area contributed by atoms with Gasteiger partial charge in [-0.05, 0) is 49.2 Å². The number of hydrogen-bond donors (Lipinski definition) is 1. The number of imidazole rings is 1. The van der Waals surface area contributed by atoms with E-state index < -0.39 is 0 Å². The Morgan fingerprint density at radius 2 is 1.88 bits per heavy atom. The second kappa shape index (κ2) is 6.55. The number of benzene rings is 1. The first-order chi connectivity index (χ1) is 12.2. The number of halogens is 1. The summed E-state index contributed by atoms with van der Waals surface area (Å²) >= 11 is 0. The molecule has 6 heteroatoms. The predicted molar refractivity (Wildman–Crippen MR) is 94.1 cm³/mol. The first-order valence-electron chi connectivity index (χ1n) is 8.44. The zero-order valence-corrected chi connectivity index (χ0v) is 13.7. The number of nitrogens with one attached hydrogen (secondary N) is 1. The number of carbonyl (C=O) groups is 1. The number of pyridine rings is 1. The van der Waals surface area contributed by atoms with Crippen molar-refractivity contribution in [2.45, 2.75) is 18.9 Å². The molecule has 1 aromatic carbocycles. The SMILES string of the molecule is O=C(c1cn2ccccc2n1)N1CCC(Nc2ccc(F)cc2)CC1. The van der Waals surface area contributed by atoms with Crippen LogP contribution in [0.3, 0.4) is 0 Å². The highest BCUT2D eigenvalue weighted by molar-refractivity contribution is 5.93. The number of rotatable bonds is 3. The van der Waals surface area contributed by atoms with Gasteiger partial charge in [-0.3, -0.25) is 4.79 Å². The maximum absolute atomic E-state index is 13.0. The van der Waals surface area contributed by atoms with Gasteiger partial charge in [0.2, 0.25) is 0 Å². The van der Waals surface area contributed by atoms with Crippen LogP contribution in [0.15, 0.2) is 54.9 Å². The Morgan fingerprint density at radius 1 is 1.12 bits per heavy atom. The third kappa shape index (κ3) is 3.33. The molecule has 1 aliphatic heterocycles. The molecule has 3 heterocycles. The molecule has 4 rings (SSSR count). The van der Waals surface area contributed by atoms with Gasteiger partial charge < -0.3 is 14.6 Å². The Labute approximate surface area is 145 Å². The Bertz CT molecular complexity index is 849. The molecule has 1 saturated heterocycles. The van der Waals surface area contributed by atoms with E-state index in [-0.39, 0.29) is 17.8 Å². The summed E-state index contributed by atoms with van der Waals surface area (Å²) in [5, 5.41) is 3.40. The van der Waals surface area contributed by atoms with E-state index >= 15 is 0 Å². The van der Waals surface area contributed by atoms with Crippen molar-refractivity contribution in [1.29, 1.82) is 0 Å². The van der Waals surface area contributed by atoms with Crippen molar-refractivity contribution in [2.75, 3.05) is 18.4 Å². The number of fused-ring (bicyclic) bond motifs is 1. The highest BCUT2D eigenvalue weighted by Gasteiger charge is 2.25. The molecule has 1 N–H and O–H groups in total. The molecular formula is C19H19FN4O. The Morgan fingerprint density at radius 3 is 2.60 bits per heavy atom. The zero-order chi connectivity index (χ0) is 17.2. The van der Waals surface area contributed by atoms with Crippen LogP contribution in [-0.2, 0) is 0 Å². The molecule has 2 aromatic heterocycles. The van der Waals surface area contributed by atoms with Crippen molar-refractivity contribution in [3.8, 4) is 0 Å². The molecule has 0 bridgehead atoms. The average Bonchev–Trinajstić information content (AvgIpc) is 3.08. The molecule has 0 radical (unpaired) electrons. The lowest BCUT2D eigenvalue weighted by Crippen LogP contribution is -2.42. The van der Waals surface area contributed by atoms with Crippen LogP contribution in [-0.4, -0.2) is 39.3 Å². The highest BCUT2D eigenvalue weighted by Crippen LogP contribution is 2.18. The standard InChI is InChI=1S/C19H19FN4O/c20-14-4-6-15(7-5-14)21-16-8-11-23(12-9-16)19(25)17-13-24-10-2-1-3-18(24)22-17/h1-7,10,13,16,21H,8-9,11-12H2. The number of carbonyl (C=O) groups excluding carboxylic acids is 1. The van der Waals surface area contributed by atoms with Gasteiger partial charge in [0.1, 0.15) is 17.2 Å². The summed E-state index contributed by atoms with van der Waals surface area (Å²) in [7, 11) is 0. The molecule has 128 valence electrons. The summed E-state index contributed by atoms with van der Waals surface area (Å²) in [5.74, 6) is -0.262. The average molecular weight is 338 g/mol. The van der Waals surface area contributed by atoms with Gasteiger partial charge in [0.05, 0.1) is 0 Å². The molecule has 1 fully saturated rings. The van der Waals surface area contributed by atoms with Gasteiger partial charge in [-0.2, -0.15) is 0 Å². The number of amides is 1. The number of hydrogen-bond acceptors (Lipinski definition) is 3. The largest absolute Gasteiger partial charge is 0.382 e. The van der Waals surface area contributed by atoms with Gasteiger partial charge in [0, 0.05) is 37.2 Å². The van der Waals surface area contributed by atoms with Crippen LogP contribution in [0.4, 0.5) is 10.1 Å². The first-order valence-corrected chi connectivity index (χ1v) is 8.44. The third-order valence-corrected chi connectivity index (χ3v) is 4.58. The monoisotopic (exact) mass is 338 g/mol. The fourth-order valence-electron chi connectivity index (χ4n) is 3.21. The number of nitrogens with zero attached hydrogens (tertiary/aromatic N) is 3. The number of anilines is 1. The molecule has 1 amide bonds. The van der Waals surface area contributed by atoms with Gasteiger partial charge in [-0.1, -0.05) is 6.07 Å². The van der Waals surface area contributed by atoms with Crippen molar-refractivity contribution in [1.82, 2.24) is 14.3 Å². The summed E-state index contributed by atoms with van der Waals surface area (Å²) in [6.45, 7) is 1.37. The van der Waals surface area contributed by atoms with Crippen molar-refractivity contribution in [2.24, 2.45) is 0 Å². The highest BCUT2D eigenvalue weighted by atomic mass is 19.1. The summed E-state index contributed by atoms with van der Waals surface area (Å²) in [5.41, 5.74) is 2.17. The maximum atomic E-state index is 13.0. The van der Waals surface area contributed by atoms with Crippen LogP contribution in [0.2, 0.25) is 0 Å². The third-order valence-electron chi connectivity index (χ3n) is 4.58. The molecule has 0 atom stereocenters. The first kappa shape index (κ1) is 15.6. The van der Waals surface area contributed by atoms with Crippen LogP contribution < -0.4 is 5.32 Å². The van der Waals surface area contributed by atoms with Crippen LogP contribution in [0.5, 0.6) is 0 Å². The van der Waals surface area contributed by atoms with Gasteiger partial charge >= 0.3 is 0 Å². The van der Waals surface area contributed by atoms with Crippen LogP contribution in [0.25, 0.3) is 5.65 Å². The molecule has 0 saturated carbocycles. The molecule has 1 aliphatic rings. The van der Waals surface area contributed by atoms with E-state index in [4.69, 9.17) is 0 Å². The van der Waals surface area contributed by atoms with Crippen LogP contribution in [0.1, 0.15) is 23.3 Å². The van der Waals surface area contributed by atoms with E-state index in [1.54, 1.807) is 18.3 Å². The topological polar surface area (TPSA) is 49.6 Å². The van der Waals surface area contributed by atoms with E-state index in [9.17, 15) is 9.18 Å². The van der Waals surface area contributed by atoms with E-state index in [1.807, 2.05) is 33.7 Å². The minimum Gasteiger partial charge on any atom is -0.382 e. The number of piperidine rings is 1. The second-order valence-corrected chi connectivity index (χ2v) is 6.31. The van der Waals surface area contributed by atoms with Crippen molar-refractivity contribution in [3.05, 3.63) is 66.4 Å². The lowest BCUT2D eigenvalue weighted by Gasteiger charge is -2.32. The van der Waals surface area contributed by atoms with E-state index in [2.05, 4.69) is 10.3 Å². The normalized spacial score (nSPS) is 15.5. The fraction of sp³-hybridized carbons (Fsp3) is 0.263. The minimum absolute atomic E-state index is 0.0241. The minimum atomic E-state index is -0.238. The van der Waals surface area contributed by atoms with E-state index in [0.717, 1.165) is 24.2 Å². The van der Waals surface area contributed by atoms with Crippen LogP contribution >= 0.6 is 0 Å². The molecule has 0 aliphatic carbocycles. The number of aromatic nitrogens is 2. The molecule has 5 nitrogen and oxygen atoms in total. The Kier molecular flexibility index (Phi) is 4.09. The summed E-state index contributed by atoms with van der Waals surface area (Å²) in [6.07, 6.45) is 5.38. The Hall–Kier alpha value is -2.89. The maximum Gasteiger partial charge on any atom is 0.274 e. The molecule has 0 unspecified atom stereocenters. The smallest absolute Gasteiger partial charge is 0.274 e. The fourth-order valence-corrected chi connectivity index (χ4v) is 3.21. The Balaban J connectivity index is 1.37. The zero-order valence-electron chi connectivity index (χ0n) is 13.7. The van der Waals surface area contributed by atoms with Gasteiger partial charge in [-0.15, -0.1) is 0 Å². The predicted octanol–water partition coefficient (Wildman–Crippen LogP) is 3.19. The van der Waals surface area contributed by atoms with Crippen molar-refractivity contribution < 1.29 is 9.18 Å². The van der Waals surface area contributed by atoms with Crippen molar-refractivity contribution in [3.63, 3.8) is 0 Å². The van der Waals surface area contributed by atoms with Crippen LogP contribution in [0, 0.1) is 5.82 Å². The second-order valence-electron chi connectivity index (χ2n) is 6.31. The van der Waals surface area contributed by atoms with E-state index in [1.165, 1.54) is 12.1 Å². The van der Waals surface area contributed by atoms with Gasteiger partial charge in [0.25, 0.3) is 5.91 Å². The number of likely N-dealkylation sites (tertiary alicyclic amines) is 1. The van der Waals surface area contributed by atoms with Gasteiger partial charge in [-0.25, -0.2) is 9.37 Å². The molecule has 0 spiro atoms. The molecule has 3 aromatic rings.